The van der Waals surface area contributed by atoms with Crippen LogP contribution in [0.3, 0.4) is 0 Å². The van der Waals surface area contributed by atoms with E-state index >= 15 is 0 Å². The van der Waals surface area contributed by atoms with Gasteiger partial charge >= 0.3 is 5.76 Å². The Kier molecular flexibility index (Phi) is 3.92. The summed E-state index contributed by atoms with van der Waals surface area (Å²) >= 11 is 0. The fourth-order valence-corrected chi connectivity index (χ4v) is 6.33. The SMILES string of the molecule is N#Cc1cc2c3c4c(cccc14)oc(=O)n-3c1cc3c(cc1n2-c1cccc2ccccc12)oc1ccccc13. The summed E-state index contributed by atoms with van der Waals surface area (Å²) in [6.45, 7) is 0. The second kappa shape index (κ2) is 7.40. The number of furan rings is 1. The molecule has 0 fully saturated rings. The average molecular weight is 516 g/mol. The summed E-state index contributed by atoms with van der Waals surface area (Å²) < 4.78 is 16.0. The molecule has 0 aliphatic carbocycles. The number of para-hydroxylation sites is 1. The van der Waals surface area contributed by atoms with Crippen molar-refractivity contribution in [2.24, 2.45) is 0 Å². The third-order valence-electron chi connectivity index (χ3n) is 8.00. The molecule has 0 saturated carbocycles. The standard InChI is InChI=1S/C34H17N3O3/c35-18-20-15-28-33-32-22(20)11-6-14-30(32)40-34(38)37(33)26-16-24-23-10-3-4-13-29(23)39-31(24)17-27(26)36(28)25-12-5-8-19-7-1-2-9-21(19)25/h1-17H. The van der Waals surface area contributed by atoms with Gasteiger partial charge < -0.3 is 13.4 Å². The lowest BCUT2D eigenvalue weighted by atomic mass is 9.99. The Labute approximate surface area is 225 Å². The van der Waals surface area contributed by atoms with E-state index in [1.807, 2.05) is 72.8 Å². The molecule has 0 bridgehead atoms. The summed E-state index contributed by atoms with van der Waals surface area (Å²) in [4.78, 5) is 13.7. The van der Waals surface area contributed by atoms with Crippen molar-refractivity contribution in [3.05, 3.63) is 119 Å². The fraction of sp³-hybridized carbons (Fsp3) is 0. The van der Waals surface area contributed by atoms with Crippen LogP contribution < -0.4 is 5.76 Å². The molecule has 0 spiro atoms. The van der Waals surface area contributed by atoms with Gasteiger partial charge in [-0.25, -0.2) is 9.36 Å². The highest BCUT2D eigenvalue weighted by Crippen LogP contribution is 2.41. The number of benzene rings is 6. The molecule has 0 saturated heterocycles. The molecule has 0 N–H and O–H groups in total. The number of nitriles is 1. The minimum Gasteiger partial charge on any atom is -0.456 e. The van der Waals surface area contributed by atoms with Gasteiger partial charge in [-0.05, 0) is 35.7 Å². The molecule has 2 aliphatic rings. The van der Waals surface area contributed by atoms with Crippen molar-refractivity contribution in [1.82, 2.24) is 9.13 Å². The molecule has 186 valence electrons. The number of hydrogen-bond donors (Lipinski definition) is 0. The van der Waals surface area contributed by atoms with Gasteiger partial charge in [-0.1, -0.05) is 66.7 Å². The lowest BCUT2D eigenvalue weighted by molar-refractivity contribution is 0.513. The van der Waals surface area contributed by atoms with E-state index in [0.717, 1.165) is 54.6 Å². The normalized spacial score (nSPS) is 12.1. The molecule has 9 rings (SSSR count). The first-order valence-electron chi connectivity index (χ1n) is 13.0. The van der Waals surface area contributed by atoms with Crippen LogP contribution in [0.1, 0.15) is 5.56 Å². The number of nitrogens with zero attached hydrogens (tertiary/aromatic N) is 3. The van der Waals surface area contributed by atoms with Gasteiger partial charge in [-0.2, -0.15) is 5.26 Å². The van der Waals surface area contributed by atoms with Crippen LogP contribution in [0.25, 0.3) is 77.0 Å². The van der Waals surface area contributed by atoms with Gasteiger partial charge in [-0.3, -0.25) is 0 Å². The molecule has 6 aromatic carbocycles. The molecule has 0 amide bonds. The third-order valence-corrected chi connectivity index (χ3v) is 8.00. The van der Waals surface area contributed by atoms with Crippen LogP contribution in [0.15, 0.2) is 117 Å². The number of rotatable bonds is 1. The maximum absolute atomic E-state index is 13.7. The van der Waals surface area contributed by atoms with Crippen LogP contribution in [-0.2, 0) is 0 Å². The Morgan fingerprint density at radius 1 is 0.600 bits per heavy atom. The molecule has 2 aliphatic heterocycles. The van der Waals surface area contributed by atoms with E-state index < -0.39 is 5.76 Å². The fourth-order valence-electron chi connectivity index (χ4n) is 6.33. The molecule has 6 heteroatoms. The van der Waals surface area contributed by atoms with Crippen LogP contribution in [0.2, 0.25) is 0 Å². The molecule has 40 heavy (non-hydrogen) atoms. The van der Waals surface area contributed by atoms with Crippen LogP contribution in [0, 0.1) is 11.3 Å². The zero-order chi connectivity index (χ0) is 26.5. The Balaban J connectivity index is 1.64. The summed E-state index contributed by atoms with van der Waals surface area (Å²) in [5, 5.41) is 15.7. The Bertz CT molecular complexity index is 2580. The maximum atomic E-state index is 13.7. The van der Waals surface area contributed by atoms with E-state index in [9.17, 15) is 10.1 Å². The van der Waals surface area contributed by atoms with Crippen LogP contribution in [-0.4, -0.2) is 9.13 Å². The van der Waals surface area contributed by atoms with Crippen molar-refractivity contribution >= 4 is 65.6 Å². The summed E-state index contributed by atoms with van der Waals surface area (Å²) in [5.74, 6) is -0.489. The zero-order valence-corrected chi connectivity index (χ0v) is 20.9. The topological polar surface area (TPSA) is 77.0 Å². The van der Waals surface area contributed by atoms with E-state index in [0.29, 0.717) is 27.9 Å². The van der Waals surface area contributed by atoms with Gasteiger partial charge in [-0.15, -0.1) is 0 Å². The number of aromatic nitrogens is 2. The minimum atomic E-state index is -0.489. The molecule has 3 heterocycles. The largest absolute Gasteiger partial charge is 0.456 e. The molecular weight excluding hydrogens is 498 g/mol. The molecule has 0 radical (unpaired) electrons. The van der Waals surface area contributed by atoms with Gasteiger partial charge in [0.15, 0.2) is 0 Å². The molecule has 6 nitrogen and oxygen atoms in total. The zero-order valence-electron chi connectivity index (χ0n) is 20.9. The van der Waals surface area contributed by atoms with Crippen molar-refractivity contribution in [3.8, 4) is 17.4 Å². The van der Waals surface area contributed by atoms with Crippen LogP contribution >= 0.6 is 0 Å². The quantitative estimate of drug-likeness (QED) is 0.164. The van der Waals surface area contributed by atoms with E-state index in [1.165, 1.54) is 0 Å². The second-order valence-corrected chi connectivity index (χ2v) is 10.1. The first kappa shape index (κ1) is 21.2. The van der Waals surface area contributed by atoms with Crippen molar-refractivity contribution in [1.29, 1.82) is 5.26 Å². The smallest absolute Gasteiger partial charge is 0.424 e. The lowest BCUT2D eigenvalue weighted by Gasteiger charge is -2.25. The number of hydrogen-bond acceptors (Lipinski definition) is 4. The summed E-state index contributed by atoms with van der Waals surface area (Å²) in [6.07, 6.45) is 0. The monoisotopic (exact) mass is 515 g/mol. The van der Waals surface area contributed by atoms with Gasteiger partial charge in [0.2, 0.25) is 0 Å². The van der Waals surface area contributed by atoms with E-state index in [4.69, 9.17) is 8.83 Å². The Morgan fingerprint density at radius 3 is 2.23 bits per heavy atom. The first-order chi connectivity index (χ1) is 19.7. The van der Waals surface area contributed by atoms with Crippen molar-refractivity contribution in [2.45, 2.75) is 0 Å². The van der Waals surface area contributed by atoms with Crippen LogP contribution in [0.4, 0.5) is 0 Å². The molecule has 7 aromatic rings. The first-order valence-corrected chi connectivity index (χ1v) is 13.0. The number of fused-ring (bicyclic) bond motifs is 6. The highest BCUT2D eigenvalue weighted by molar-refractivity contribution is 6.14. The predicted octanol–water partition coefficient (Wildman–Crippen LogP) is 8.04. The predicted molar refractivity (Wildman–Crippen MR) is 157 cm³/mol. The van der Waals surface area contributed by atoms with Crippen molar-refractivity contribution < 1.29 is 8.83 Å². The minimum absolute atomic E-state index is 0.447. The second-order valence-electron chi connectivity index (χ2n) is 10.1. The average Bonchev–Trinajstić information content (AvgIpc) is 3.35. The van der Waals surface area contributed by atoms with E-state index in [1.54, 1.807) is 10.6 Å². The highest BCUT2D eigenvalue weighted by Gasteiger charge is 2.26. The Morgan fingerprint density at radius 2 is 1.32 bits per heavy atom. The summed E-state index contributed by atoms with van der Waals surface area (Å²) in [5.41, 5.74) is 6.25. The van der Waals surface area contributed by atoms with Crippen molar-refractivity contribution in [2.75, 3.05) is 0 Å². The van der Waals surface area contributed by atoms with E-state index in [-0.39, 0.29) is 0 Å². The van der Waals surface area contributed by atoms with E-state index in [2.05, 4.69) is 34.9 Å². The maximum Gasteiger partial charge on any atom is 0.424 e. The lowest BCUT2D eigenvalue weighted by Crippen LogP contribution is -2.23. The highest BCUT2D eigenvalue weighted by atomic mass is 16.4. The molecule has 0 unspecified atom stereocenters. The van der Waals surface area contributed by atoms with Gasteiger partial charge in [0, 0.05) is 27.6 Å². The van der Waals surface area contributed by atoms with Crippen molar-refractivity contribution in [3.63, 3.8) is 0 Å². The summed E-state index contributed by atoms with van der Waals surface area (Å²) in [7, 11) is 0. The molecule has 1 aromatic heterocycles. The van der Waals surface area contributed by atoms with Gasteiger partial charge in [0.05, 0.1) is 44.9 Å². The molecule has 0 atom stereocenters. The van der Waals surface area contributed by atoms with Gasteiger partial charge in [0.25, 0.3) is 0 Å². The van der Waals surface area contributed by atoms with Crippen LogP contribution in [0.5, 0.6) is 0 Å². The Hall–Kier alpha value is -5.80. The van der Waals surface area contributed by atoms with Gasteiger partial charge in [0.1, 0.15) is 16.7 Å². The summed E-state index contributed by atoms with van der Waals surface area (Å²) in [6, 6.07) is 36.0. The molecular formula is C34H17N3O3. The third kappa shape index (κ3) is 2.58.